The van der Waals surface area contributed by atoms with E-state index in [-0.39, 0.29) is 59.1 Å². The second-order valence-corrected chi connectivity index (χ2v) is 3.07. The predicted molar refractivity (Wildman–Crippen MR) is 58.4 cm³/mol. The summed E-state index contributed by atoms with van der Waals surface area (Å²) in [6.07, 6.45) is 0. The second-order valence-electron chi connectivity index (χ2n) is 3.07. The Morgan fingerprint density at radius 3 is 1.31 bits per heavy atom. The van der Waals surface area contributed by atoms with E-state index in [1.165, 1.54) is 0 Å². The van der Waals surface area contributed by atoms with Crippen molar-refractivity contribution in [3.8, 4) is 11.1 Å². The molecule has 0 fully saturated rings. The van der Waals surface area contributed by atoms with Crippen molar-refractivity contribution in [1.82, 2.24) is 0 Å². The first-order chi connectivity index (χ1) is 6.75. The average molecular weight is 228 g/mol. The first-order valence-corrected chi connectivity index (χ1v) is 4.30. The van der Waals surface area contributed by atoms with Gasteiger partial charge in [0.05, 0.1) is 0 Å². The van der Waals surface area contributed by atoms with Crippen LogP contribution in [0.25, 0.3) is 11.1 Å². The minimum absolute atomic E-state index is 0. The molecule has 2 nitrogen and oxygen atoms in total. The number of hydrogen-bond acceptors (Lipinski definition) is 2. The molecule has 2 aromatic rings. The first-order valence-electron chi connectivity index (χ1n) is 4.30. The molecule has 2 aromatic carbocycles. The Morgan fingerprint density at radius 1 is 0.688 bits per heavy atom. The molecule has 70 valence electrons. The Kier molecular flexibility index (Phi) is 7.40. The molecule has 0 aliphatic carbocycles. The summed E-state index contributed by atoms with van der Waals surface area (Å²) in [5, 5.41) is 0. The summed E-state index contributed by atoms with van der Waals surface area (Å²) in [6, 6.07) is 17.2. The molecule has 0 aliphatic rings. The molecule has 4 N–H and O–H groups in total. The van der Waals surface area contributed by atoms with Crippen LogP contribution in [0.15, 0.2) is 36.4 Å². The fraction of sp³-hybridized carbons (Fsp3) is 0. The van der Waals surface area contributed by atoms with Crippen LogP contribution in [-0.4, -0.2) is 0 Å². The Labute approximate surface area is 140 Å². The van der Waals surface area contributed by atoms with Crippen molar-refractivity contribution in [2.45, 2.75) is 0 Å². The van der Waals surface area contributed by atoms with Gasteiger partial charge in [0.1, 0.15) is 0 Å². The number of nitrogen functional groups attached to an aromatic ring is 2. The number of rotatable bonds is 1. The Balaban J connectivity index is 0.00000112. The van der Waals surface area contributed by atoms with E-state index in [2.05, 4.69) is 12.1 Å². The number of anilines is 2. The van der Waals surface area contributed by atoms with Gasteiger partial charge in [-0.2, -0.15) is 24.3 Å². The zero-order valence-corrected chi connectivity index (χ0v) is 13.6. The molecule has 0 heterocycles. The van der Waals surface area contributed by atoms with Gasteiger partial charge in [0.2, 0.25) is 0 Å². The van der Waals surface area contributed by atoms with Crippen LogP contribution in [0.4, 0.5) is 11.4 Å². The molecule has 0 saturated carbocycles. The van der Waals surface area contributed by atoms with Crippen molar-refractivity contribution in [1.29, 1.82) is 0 Å². The monoisotopic (exact) mass is 228 g/mol. The zero-order valence-electron chi connectivity index (χ0n) is 9.62. The summed E-state index contributed by atoms with van der Waals surface area (Å²) in [4.78, 5) is 0. The molecule has 0 atom stereocenters. The van der Waals surface area contributed by atoms with Crippen molar-refractivity contribution in [2.75, 3.05) is 11.5 Å². The molecule has 4 heteroatoms. The largest absolute Gasteiger partial charge is 1.00 e. The van der Waals surface area contributed by atoms with Crippen LogP contribution in [0.2, 0.25) is 0 Å². The van der Waals surface area contributed by atoms with Gasteiger partial charge < -0.3 is 11.5 Å². The maximum atomic E-state index is 5.57. The first kappa shape index (κ1) is 16.0. The molecule has 0 radical (unpaired) electrons. The van der Waals surface area contributed by atoms with Crippen LogP contribution in [0.1, 0.15) is 0 Å². The smallest absolute Gasteiger partial charge is 0.437 e. The molecule has 2 rings (SSSR count). The maximum Gasteiger partial charge on any atom is 1.00 e. The third kappa shape index (κ3) is 4.13. The van der Waals surface area contributed by atoms with E-state index in [1.807, 2.05) is 24.3 Å². The van der Waals surface area contributed by atoms with Crippen LogP contribution in [0.5, 0.6) is 0 Å². The Bertz CT molecular complexity index is 380. The van der Waals surface area contributed by atoms with Gasteiger partial charge in [0, 0.05) is 0 Å². The molecule has 16 heavy (non-hydrogen) atoms. The molecule has 0 aliphatic heterocycles. The third-order valence-corrected chi connectivity index (χ3v) is 1.96. The van der Waals surface area contributed by atoms with E-state index in [4.69, 9.17) is 11.5 Å². The summed E-state index contributed by atoms with van der Waals surface area (Å²) in [5.74, 6) is 0. The summed E-state index contributed by atoms with van der Waals surface area (Å²) in [7, 11) is 0. The SMILES string of the molecule is Nc1c[c-]c(-c2[c-]cc(N)cc2)cc1.[Na+].[Na+]. The topological polar surface area (TPSA) is 52.0 Å². The van der Waals surface area contributed by atoms with Crippen molar-refractivity contribution in [2.24, 2.45) is 0 Å². The van der Waals surface area contributed by atoms with Gasteiger partial charge in [0.15, 0.2) is 0 Å². The number of nitrogens with two attached hydrogens (primary N) is 2. The zero-order chi connectivity index (χ0) is 9.97. The van der Waals surface area contributed by atoms with E-state index in [1.54, 1.807) is 12.1 Å². The Morgan fingerprint density at radius 2 is 1.06 bits per heavy atom. The summed E-state index contributed by atoms with van der Waals surface area (Å²) in [5.41, 5.74) is 14.5. The van der Waals surface area contributed by atoms with E-state index in [0.29, 0.717) is 11.4 Å². The van der Waals surface area contributed by atoms with Crippen molar-refractivity contribution in [3.63, 3.8) is 0 Å². The average Bonchev–Trinajstić information content (AvgIpc) is 2.21. The molecule has 0 saturated heterocycles. The molecule has 0 amide bonds. The minimum Gasteiger partial charge on any atom is -0.437 e. The van der Waals surface area contributed by atoms with Gasteiger partial charge in [-0.1, -0.05) is 11.4 Å². The maximum absolute atomic E-state index is 5.57. The van der Waals surface area contributed by atoms with Gasteiger partial charge in [-0.25, -0.2) is 11.1 Å². The fourth-order valence-electron chi connectivity index (χ4n) is 1.21. The third-order valence-electron chi connectivity index (χ3n) is 1.96. The summed E-state index contributed by atoms with van der Waals surface area (Å²) in [6.45, 7) is 0. The molecule has 0 aromatic heterocycles. The van der Waals surface area contributed by atoms with Crippen molar-refractivity contribution >= 4 is 11.4 Å². The summed E-state index contributed by atoms with van der Waals surface area (Å²) >= 11 is 0. The van der Waals surface area contributed by atoms with Crippen molar-refractivity contribution < 1.29 is 59.1 Å². The van der Waals surface area contributed by atoms with Gasteiger partial charge in [-0.05, 0) is 0 Å². The molecule has 0 spiro atoms. The van der Waals surface area contributed by atoms with Crippen molar-refractivity contribution in [3.05, 3.63) is 48.5 Å². The number of hydrogen-bond donors (Lipinski definition) is 2. The van der Waals surface area contributed by atoms with Gasteiger partial charge in [0.25, 0.3) is 0 Å². The van der Waals surface area contributed by atoms with Crippen LogP contribution < -0.4 is 70.6 Å². The second kappa shape index (κ2) is 7.38. The molecular weight excluding hydrogens is 218 g/mol. The number of benzene rings is 2. The minimum atomic E-state index is 0. The van der Waals surface area contributed by atoms with Gasteiger partial charge in [-0.15, -0.1) is 24.3 Å². The van der Waals surface area contributed by atoms with Gasteiger partial charge in [-0.3, -0.25) is 0 Å². The molecule has 0 unspecified atom stereocenters. The van der Waals surface area contributed by atoms with E-state index >= 15 is 0 Å². The van der Waals surface area contributed by atoms with Crippen LogP contribution in [0, 0.1) is 12.1 Å². The van der Waals surface area contributed by atoms with E-state index in [0.717, 1.165) is 11.1 Å². The van der Waals surface area contributed by atoms with Crippen LogP contribution in [-0.2, 0) is 0 Å². The van der Waals surface area contributed by atoms with E-state index in [9.17, 15) is 0 Å². The summed E-state index contributed by atoms with van der Waals surface area (Å²) < 4.78 is 0. The van der Waals surface area contributed by atoms with Crippen LogP contribution >= 0.6 is 0 Å². The fourth-order valence-corrected chi connectivity index (χ4v) is 1.21. The molecule has 0 bridgehead atoms. The molecular formula is C12H10N2Na2. The Hall–Kier alpha value is 0.0400. The quantitative estimate of drug-likeness (QED) is 0.298. The van der Waals surface area contributed by atoms with Crippen LogP contribution in [0.3, 0.4) is 0 Å². The van der Waals surface area contributed by atoms with Gasteiger partial charge >= 0.3 is 59.1 Å². The normalized spacial score (nSPS) is 8.75. The predicted octanol–water partition coefficient (Wildman–Crippen LogP) is -3.87. The van der Waals surface area contributed by atoms with E-state index < -0.39 is 0 Å². The standard InChI is InChI=1S/C12H10N2.2Na/c13-11-5-1-9(2-6-11)10-3-7-12(14)8-4-10;;/h1,3,5-8H,13-14H2;;/q-2;2*+1.